The number of rotatable bonds is 2. The minimum absolute atomic E-state index is 0.00948. The van der Waals surface area contributed by atoms with Crippen LogP contribution in [-0.4, -0.2) is 15.6 Å². The van der Waals surface area contributed by atoms with Gasteiger partial charge in [0.25, 0.3) is 0 Å². The highest BCUT2D eigenvalue weighted by Crippen LogP contribution is 2.18. The Kier molecular flexibility index (Phi) is 3.03. The first-order valence-corrected chi connectivity index (χ1v) is 5.69. The van der Waals surface area contributed by atoms with Gasteiger partial charge in [-0.2, -0.15) is 5.10 Å². The van der Waals surface area contributed by atoms with Crippen molar-refractivity contribution in [2.45, 2.75) is 13.8 Å². The molecule has 4 heteroatoms. The Bertz CT molecular complexity index is 570. The first-order valence-electron chi connectivity index (χ1n) is 5.31. The van der Waals surface area contributed by atoms with Crippen LogP contribution in [0.4, 0.5) is 0 Å². The van der Waals surface area contributed by atoms with Crippen LogP contribution in [0.3, 0.4) is 0 Å². The van der Waals surface area contributed by atoms with E-state index in [4.69, 9.17) is 11.6 Å². The Morgan fingerprint density at radius 2 is 1.82 bits per heavy atom. The fraction of sp³-hybridized carbons (Fsp3) is 0.231. The van der Waals surface area contributed by atoms with Crippen molar-refractivity contribution in [2.75, 3.05) is 0 Å². The summed E-state index contributed by atoms with van der Waals surface area (Å²) in [5.74, 6) is -0.00948. The standard InChI is InChI=1S/C13H13ClN2O/c1-8-12(9(2)16(3)15-8)13(17)10-4-6-11(14)7-5-10/h4-7H,1-3H3. The third-order valence-corrected chi connectivity index (χ3v) is 3.09. The van der Waals surface area contributed by atoms with Gasteiger partial charge in [0, 0.05) is 23.3 Å². The van der Waals surface area contributed by atoms with Gasteiger partial charge in [0.1, 0.15) is 0 Å². The molecule has 0 radical (unpaired) electrons. The van der Waals surface area contributed by atoms with Gasteiger partial charge in [-0.1, -0.05) is 11.6 Å². The van der Waals surface area contributed by atoms with Gasteiger partial charge >= 0.3 is 0 Å². The maximum atomic E-state index is 12.3. The van der Waals surface area contributed by atoms with Crippen LogP contribution in [0.25, 0.3) is 0 Å². The minimum Gasteiger partial charge on any atom is -0.288 e. The van der Waals surface area contributed by atoms with E-state index < -0.39 is 0 Å². The zero-order valence-corrected chi connectivity index (χ0v) is 10.7. The predicted octanol–water partition coefficient (Wildman–Crippen LogP) is 2.92. The maximum Gasteiger partial charge on any atom is 0.196 e. The second kappa shape index (κ2) is 4.34. The molecule has 2 rings (SSSR count). The summed E-state index contributed by atoms with van der Waals surface area (Å²) in [5.41, 5.74) is 2.94. The lowest BCUT2D eigenvalue weighted by atomic mass is 10.0. The molecule has 17 heavy (non-hydrogen) atoms. The Morgan fingerprint density at radius 3 is 2.29 bits per heavy atom. The SMILES string of the molecule is Cc1nn(C)c(C)c1C(=O)c1ccc(Cl)cc1. The van der Waals surface area contributed by atoms with Gasteiger partial charge in [-0.3, -0.25) is 9.48 Å². The second-order valence-corrected chi connectivity index (χ2v) is 4.44. The molecule has 0 unspecified atom stereocenters. The van der Waals surface area contributed by atoms with E-state index in [1.54, 1.807) is 28.9 Å². The summed E-state index contributed by atoms with van der Waals surface area (Å²) in [5, 5.41) is 4.87. The van der Waals surface area contributed by atoms with Crippen LogP contribution >= 0.6 is 11.6 Å². The number of hydrogen-bond acceptors (Lipinski definition) is 2. The number of carbonyl (C=O) groups is 1. The third-order valence-electron chi connectivity index (χ3n) is 2.84. The summed E-state index contributed by atoms with van der Waals surface area (Å²) in [7, 11) is 1.83. The monoisotopic (exact) mass is 248 g/mol. The summed E-state index contributed by atoms with van der Waals surface area (Å²) in [6.07, 6.45) is 0. The molecule has 0 saturated heterocycles. The van der Waals surface area contributed by atoms with Gasteiger partial charge in [0.05, 0.1) is 11.3 Å². The molecule has 0 aliphatic carbocycles. The van der Waals surface area contributed by atoms with Crippen LogP contribution in [0, 0.1) is 13.8 Å². The number of aromatic nitrogens is 2. The molecule has 0 fully saturated rings. The molecule has 0 aliphatic rings. The van der Waals surface area contributed by atoms with E-state index in [0.717, 1.165) is 11.4 Å². The van der Waals surface area contributed by atoms with Gasteiger partial charge in [-0.25, -0.2) is 0 Å². The highest BCUT2D eigenvalue weighted by molar-refractivity contribution is 6.30. The van der Waals surface area contributed by atoms with Crippen molar-refractivity contribution in [1.82, 2.24) is 9.78 Å². The summed E-state index contributed by atoms with van der Waals surface area (Å²) in [6.45, 7) is 3.74. The molecule has 0 spiro atoms. The Morgan fingerprint density at radius 1 is 1.24 bits per heavy atom. The number of nitrogens with zero attached hydrogens (tertiary/aromatic N) is 2. The number of ketones is 1. The van der Waals surface area contributed by atoms with Gasteiger partial charge in [-0.15, -0.1) is 0 Å². The average Bonchev–Trinajstić information content (AvgIpc) is 2.53. The minimum atomic E-state index is -0.00948. The lowest BCUT2D eigenvalue weighted by Crippen LogP contribution is -2.04. The van der Waals surface area contributed by atoms with Crippen LogP contribution in [0.5, 0.6) is 0 Å². The molecule has 0 amide bonds. The van der Waals surface area contributed by atoms with Crippen LogP contribution in [-0.2, 0) is 7.05 Å². The van der Waals surface area contributed by atoms with Crippen molar-refractivity contribution in [3.05, 3.63) is 51.8 Å². The van der Waals surface area contributed by atoms with Crippen LogP contribution in [0.2, 0.25) is 5.02 Å². The number of benzene rings is 1. The van der Waals surface area contributed by atoms with Crippen molar-refractivity contribution >= 4 is 17.4 Å². The number of carbonyl (C=O) groups excluding carboxylic acids is 1. The quantitative estimate of drug-likeness (QED) is 0.766. The number of hydrogen-bond donors (Lipinski definition) is 0. The van der Waals surface area contributed by atoms with Crippen LogP contribution in [0.15, 0.2) is 24.3 Å². The second-order valence-electron chi connectivity index (χ2n) is 4.01. The predicted molar refractivity (Wildman–Crippen MR) is 67.6 cm³/mol. The smallest absolute Gasteiger partial charge is 0.196 e. The molecule has 0 saturated carbocycles. The van der Waals surface area contributed by atoms with E-state index in [-0.39, 0.29) is 5.78 Å². The zero-order valence-electron chi connectivity index (χ0n) is 9.99. The van der Waals surface area contributed by atoms with Crippen molar-refractivity contribution < 1.29 is 4.79 Å². The Balaban J connectivity index is 2.47. The molecule has 0 aliphatic heterocycles. The molecule has 3 nitrogen and oxygen atoms in total. The molecule has 2 aromatic rings. The van der Waals surface area contributed by atoms with E-state index in [9.17, 15) is 4.79 Å². The summed E-state index contributed by atoms with van der Waals surface area (Å²) in [4.78, 5) is 12.3. The average molecular weight is 249 g/mol. The highest BCUT2D eigenvalue weighted by atomic mass is 35.5. The fourth-order valence-corrected chi connectivity index (χ4v) is 1.97. The largest absolute Gasteiger partial charge is 0.288 e. The van der Waals surface area contributed by atoms with Crippen molar-refractivity contribution in [3.8, 4) is 0 Å². The highest BCUT2D eigenvalue weighted by Gasteiger charge is 2.18. The summed E-state index contributed by atoms with van der Waals surface area (Å²) in [6, 6.07) is 6.90. The fourth-order valence-electron chi connectivity index (χ4n) is 1.85. The van der Waals surface area contributed by atoms with E-state index >= 15 is 0 Å². The maximum absolute atomic E-state index is 12.3. The van der Waals surface area contributed by atoms with E-state index in [1.807, 2.05) is 20.9 Å². The molecule has 0 N–H and O–H groups in total. The molecule has 0 atom stereocenters. The summed E-state index contributed by atoms with van der Waals surface area (Å²) >= 11 is 5.80. The van der Waals surface area contributed by atoms with Gasteiger partial charge in [0.2, 0.25) is 0 Å². The first-order chi connectivity index (χ1) is 8.00. The van der Waals surface area contributed by atoms with E-state index in [1.165, 1.54) is 0 Å². The molecular formula is C13H13ClN2O. The van der Waals surface area contributed by atoms with Gasteiger partial charge in [0.15, 0.2) is 5.78 Å². The molecular weight excluding hydrogens is 236 g/mol. The lowest BCUT2D eigenvalue weighted by molar-refractivity contribution is 0.103. The van der Waals surface area contributed by atoms with Gasteiger partial charge in [-0.05, 0) is 38.1 Å². The Hall–Kier alpha value is -1.61. The lowest BCUT2D eigenvalue weighted by Gasteiger charge is -2.02. The van der Waals surface area contributed by atoms with Crippen LogP contribution in [0.1, 0.15) is 27.3 Å². The zero-order chi connectivity index (χ0) is 12.6. The molecule has 1 aromatic carbocycles. The molecule has 1 aromatic heterocycles. The topological polar surface area (TPSA) is 34.9 Å². The van der Waals surface area contributed by atoms with Gasteiger partial charge < -0.3 is 0 Å². The molecule has 0 bridgehead atoms. The molecule has 88 valence electrons. The Labute approximate surface area is 105 Å². The van der Waals surface area contributed by atoms with Crippen molar-refractivity contribution in [1.29, 1.82) is 0 Å². The normalized spacial score (nSPS) is 10.6. The van der Waals surface area contributed by atoms with Crippen LogP contribution < -0.4 is 0 Å². The van der Waals surface area contributed by atoms with E-state index in [2.05, 4.69) is 5.10 Å². The molecule has 1 heterocycles. The number of halogens is 1. The first kappa shape index (κ1) is 11.9. The summed E-state index contributed by atoms with van der Waals surface area (Å²) < 4.78 is 1.72. The number of aryl methyl sites for hydroxylation is 2. The van der Waals surface area contributed by atoms with E-state index in [0.29, 0.717) is 16.1 Å². The van der Waals surface area contributed by atoms with Crippen molar-refractivity contribution in [3.63, 3.8) is 0 Å². The van der Waals surface area contributed by atoms with Crippen molar-refractivity contribution in [2.24, 2.45) is 7.05 Å². The third kappa shape index (κ3) is 2.11.